The van der Waals surface area contributed by atoms with Crippen molar-refractivity contribution >= 4 is 73.9 Å². The number of rotatable bonds is 12. The number of nitrogens with zero attached hydrogens (tertiary/aromatic N) is 2. The van der Waals surface area contributed by atoms with Crippen molar-refractivity contribution in [3.63, 3.8) is 0 Å². The predicted octanol–water partition coefficient (Wildman–Crippen LogP) is 6.48. The smallest absolute Gasteiger partial charge is 0.244 e. The van der Waals surface area contributed by atoms with Gasteiger partial charge >= 0.3 is 0 Å². The fraction of sp³-hybridized carbons (Fsp3) is 0.310. The van der Waals surface area contributed by atoms with Gasteiger partial charge in [0.05, 0.1) is 22.0 Å². The second-order valence-corrected chi connectivity index (χ2v) is 13.4. The highest BCUT2D eigenvalue weighted by molar-refractivity contribution is 7.92. The number of carbonyl (C=O) groups is 2. The molecule has 0 saturated carbocycles. The van der Waals surface area contributed by atoms with Crippen LogP contribution in [0.5, 0.6) is 0 Å². The van der Waals surface area contributed by atoms with Crippen LogP contribution in [0.4, 0.5) is 5.69 Å². The van der Waals surface area contributed by atoms with E-state index in [1.165, 1.54) is 23.1 Å². The molecule has 3 rings (SSSR count). The molecule has 1 N–H and O–H groups in total. The first-order valence-electron chi connectivity index (χ1n) is 12.7. The van der Waals surface area contributed by atoms with E-state index in [4.69, 9.17) is 46.4 Å². The molecule has 7 nitrogen and oxygen atoms in total. The topological polar surface area (TPSA) is 86.8 Å². The van der Waals surface area contributed by atoms with Gasteiger partial charge in [-0.25, -0.2) is 8.42 Å². The molecule has 0 heterocycles. The van der Waals surface area contributed by atoms with Crippen LogP contribution in [0.2, 0.25) is 20.1 Å². The molecule has 3 aromatic carbocycles. The molecule has 12 heteroatoms. The van der Waals surface area contributed by atoms with Crippen molar-refractivity contribution in [1.29, 1.82) is 0 Å². The maximum atomic E-state index is 14.1. The summed E-state index contributed by atoms with van der Waals surface area (Å²) in [5, 5.41) is 3.62. The fourth-order valence-electron chi connectivity index (χ4n) is 4.11. The van der Waals surface area contributed by atoms with Crippen molar-refractivity contribution in [2.45, 2.75) is 32.9 Å². The van der Waals surface area contributed by atoms with Gasteiger partial charge in [0.2, 0.25) is 21.8 Å². The van der Waals surface area contributed by atoms with Crippen LogP contribution in [0.15, 0.2) is 66.7 Å². The summed E-state index contributed by atoms with van der Waals surface area (Å²) < 4.78 is 26.7. The lowest BCUT2D eigenvalue weighted by Crippen LogP contribution is -2.53. The average molecular weight is 659 g/mol. The molecule has 41 heavy (non-hydrogen) atoms. The molecule has 0 fully saturated rings. The Hall–Kier alpha value is -2.49. The van der Waals surface area contributed by atoms with Gasteiger partial charge in [0.25, 0.3) is 0 Å². The van der Waals surface area contributed by atoms with E-state index in [9.17, 15) is 18.0 Å². The zero-order valence-corrected chi connectivity index (χ0v) is 26.6. The van der Waals surface area contributed by atoms with Crippen LogP contribution in [0.25, 0.3) is 0 Å². The van der Waals surface area contributed by atoms with Gasteiger partial charge < -0.3 is 10.2 Å². The number of hydrogen-bond acceptors (Lipinski definition) is 4. The van der Waals surface area contributed by atoms with E-state index in [0.29, 0.717) is 22.2 Å². The molecule has 0 aliphatic rings. The Morgan fingerprint density at radius 2 is 1.44 bits per heavy atom. The standard InChI is InChI=1S/C29H31Cl4N3O4S/c1-19(2)16-34-29(38)26(15-20-9-5-4-6-10-20)35(17-21-22(30)11-7-12-23(21)31)27(37)18-36(41(3,39)40)25-14-8-13-24(32)28(25)33/h4-14,19,26H,15-18H2,1-3H3,(H,34,38). The largest absolute Gasteiger partial charge is 0.354 e. The van der Waals surface area contributed by atoms with Crippen molar-refractivity contribution < 1.29 is 18.0 Å². The fourth-order valence-corrected chi connectivity index (χ4v) is 5.93. The van der Waals surface area contributed by atoms with Gasteiger partial charge in [0, 0.05) is 35.1 Å². The summed E-state index contributed by atoms with van der Waals surface area (Å²) in [6.45, 7) is 3.50. The number of halogens is 4. The molecule has 1 atom stereocenters. The lowest BCUT2D eigenvalue weighted by atomic mass is 10.0. The third-order valence-corrected chi connectivity index (χ3v) is 8.87. The summed E-state index contributed by atoms with van der Waals surface area (Å²) in [4.78, 5) is 29.1. The van der Waals surface area contributed by atoms with Crippen molar-refractivity contribution in [3.8, 4) is 0 Å². The summed E-state index contributed by atoms with van der Waals surface area (Å²) >= 11 is 25.5. The van der Waals surface area contributed by atoms with Gasteiger partial charge in [0.1, 0.15) is 12.6 Å². The quantitative estimate of drug-likeness (QED) is 0.241. The summed E-state index contributed by atoms with van der Waals surface area (Å²) in [5.74, 6) is -0.905. The number of amides is 2. The summed E-state index contributed by atoms with van der Waals surface area (Å²) in [6, 6.07) is 17.6. The maximum absolute atomic E-state index is 14.1. The molecule has 0 aliphatic heterocycles. The normalized spacial score (nSPS) is 12.2. The van der Waals surface area contributed by atoms with E-state index >= 15 is 0 Å². The molecular weight excluding hydrogens is 628 g/mol. The first-order chi connectivity index (χ1) is 19.3. The van der Waals surface area contributed by atoms with Crippen LogP contribution >= 0.6 is 46.4 Å². The van der Waals surface area contributed by atoms with Gasteiger partial charge in [0.15, 0.2) is 0 Å². The maximum Gasteiger partial charge on any atom is 0.244 e. The Kier molecular flexibility index (Phi) is 11.8. The minimum absolute atomic E-state index is 0.0244. The first kappa shape index (κ1) is 33.0. The van der Waals surface area contributed by atoms with Crippen molar-refractivity contribution in [2.24, 2.45) is 5.92 Å². The second-order valence-electron chi connectivity index (χ2n) is 9.91. The van der Waals surface area contributed by atoms with E-state index in [1.54, 1.807) is 18.2 Å². The molecule has 0 aromatic heterocycles. The Bertz CT molecular complexity index is 1470. The highest BCUT2D eigenvalue weighted by Gasteiger charge is 2.34. The number of sulfonamides is 1. The first-order valence-corrected chi connectivity index (χ1v) is 16.1. The number of hydrogen-bond donors (Lipinski definition) is 1. The number of benzene rings is 3. The molecule has 3 aromatic rings. The van der Waals surface area contributed by atoms with E-state index in [0.717, 1.165) is 16.1 Å². The lowest BCUT2D eigenvalue weighted by molar-refractivity contribution is -0.140. The number of anilines is 1. The van der Waals surface area contributed by atoms with Gasteiger partial charge in [-0.2, -0.15) is 0 Å². The summed E-state index contributed by atoms with van der Waals surface area (Å²) in [7, 11) is -4.01. The highest BCUT2D eigenvalue weighted by Crippen LogP contribution is 2.34. The van der Waals surface area contributed by atoms with E-state index in [1.807, 2.05) is 44.2 Å². The van der Waals surface area contributed by atoms with Crippen LogP contribution in [0, 0.1) is 5.92 Å². The number of nitrogens with one attached hydrogen (secondary N) is 1. The molecule has 0 bridgehead atoms. The Labute approximate surface area is 261 Å². The summed E-state index contributed by atoms with van der Waals surface area (Å²) in [6.07, 6.45) is 1.12. The van der Waals surface area contributed by atoms with Crippen LogP contribution in [0.1, 0.15) is 25.0 Å². The van der Waals surface area contributed by atoms with Gasteiger partial charge in [-0.3, -0.25) is 13.9 Å². The van der Waals surface area contributed by atoms with Gasteiger partial charge in [-0.15, -0.1) is 0 Å². The lowest BCUT2D eigenvalue weighted by Gasteiger charge is -2.34. The summed E-state index contributed by atoms with van der Waals surface area (Å²) in [5.41, 5.74) is 1.26. The Morgan fingerprint density at radius 3 is 2.02 bits per heavy atom. The Morgan fingerprint density at radius 1 is 0.854 bits per heavy atom. The van der Waals surface area contributed by atoms with E-state index < -0.39 is 34.4 Å². The van der Waals surface area contributed by atoms with Crippen molar-refractivity contribution in [1.82, 2.24) is 10.2 Å². The van der Waals surface area contributed by atoms with Gasteiger partial charge in [-0.05, 0) is 35.7 Å². The van der Waals surface area contributed by atoms with Crippen molar-refractivity contribution in [2.75, 3.05) is 23.7 Å². The minimum Gasteiger partial charge on any atom is -0.354 e. The third kappa shape index (κ3) is 9.00. The monoisotopic (exact) mass is 657 g/mol. The average Bonchev–Trinajstić information content (AvgIpc) is 2.91. The molecule has 2 amide bonds. The van der Waals surface area contributed by atoms with Crippen LogP contribution in [-0.4, -0.2) is 50.5 Å². The predicted molar refractivity (Wildman–Crippen MR) is 167 cm³/mol. The number of carbonyl (C=O) groups excluding carboxylic acids is 2. The molecule has 220 valence electrons. The van der Waals surface area contributed by atoms with Gasteiger partial charge in [-0.1, -0.05) is 103 Å². The zero-order valence-electron chi connectivity index (χ0n) is 22.8. The molecule has 0 saturated heterocycles. The van der Waals surface area contributed by atoms with E-state index in [2.05, 4.69) is 5.32 Å². The van der Waals surface area contributed by atoms with Crippen LogP contribution < -0.4 is 9.62 Å². The van der Waals surface area contributed by atoms with Crippen LogP contribution in [0.3, 0.4) is 0 Å². The third-order valence-electron chi connectivity index (χ3n) is 6.22. The molecule has 1 unspecified atom stereocenters. The van der Waals surface area contributed by atoms with Crippen LogP contribution in [-0.2, 0) is 32.6 Å². The molecule has 0 spiro atoms. The second kappa shape index (κ2) is 14.6. The van der Waals surface area contributed by atoms with E-state index in [-0.39, 0.29) is 34.6 Å². The Balaban J connectivity index is 2.12. The molecule has 0 aliphatic carbocycles. The highest BCUT2D eigenvalue weighted by atomic mass is 35.5. The van der Waals surface area contributed by atoms with Crippen molar-refractivity contribution in [3.05, 3.63) is 97.9 Å². The molecular formula is C29H31Cl4N3O4S. The minimum atomic E-state index is -4.01. The molecule has 0 radical (unpaired) electrons. The zero-order chi connectivity index (χ0) is 30.3. The SMILES string of the molecule is CC(C)CNC(=O)C(Cc1ccccc1)N(Cc1c(Cl)cccc1Cl)C(=O)CN(c1cccc(Cl)c1Cl)S(C)(=O)=O.